The number of carbonyl (C=O) groups excluding carboxylic acids is 1. The number of thiophene rings is 1. The summed E-state index contributed by atoms with van der Waals surface area (Å²) in [6.07, 6.45) is 0. The molecule has 15 heavy (non-hydrogen) atoms. The van der Waals surface area contributed by atoms with E-state index in [9.17, 15) is 4.79 Å². The molecule has 0 radical (unpaired) electrons. The fourth-order valence-electron chi connectivity index (χ4n) is 1.49. The SMILES string of the molecule is Cc1ccc(C(=O)NCC2(C)COC2)s1. The summed E-state index contributed by atoms with van der Waals surface area (Å²) in [5, 5.41) is 2.95. The van der Waals surface area contributed by atoms with Crippen LogP contribution in [0.4, 0.5) is 0 Å². The third-order valence-corrected chi connectivity index (χ3v) is 3.54. The average molecular weight is 225 g/mol. The second-order valence-electron chi connectivity index (χ2n) is 4.40. The van der Waals surface area contributed by atoms with Gasteiger partial charge in [0, 0.05) is 16.8 Å². The molecular weight excluding hydrogens is 210 g/mol. The van der Waals surface area contributed by atoms with Crippen LogP contribution in [0.5, 0.6) is 0 Å². The first-order chi connectivity index (χ1) is 7.09. The largest absolute Gasteiger partial charge is 0.380 e. The predicted molar refractivity (Wildman–Crippen MR) is 60.3 cm³/mol. The van der Waals surface area contributed by atoms with E-state index >= 15 is 0 Å². The van der Waals surface area contributed by atoms with Crippen molar-refractivity contribution in [1.82, 2.24) is 5.32 Å². The van der Waals surface area contributed by atoms with Gasteiger partial charge in [-0.15, -0.1) is 11.3 Å². The smallest absolute Gasteiger partial charge is 0.261 e. The molecule has 1 aliphatic rings. The highest BCUT2D eigenvalue weighted by atomic mass is 32.1. The monoisotopic (exact) mass is 225 g/mol. The van der Waals surface area contributed by atoms with Crippen molar-refractivity contribution in [2.24, 2.45) is 5.41 Å². The Morgan fingerprint density at radius 2 is 2.33 bits per heavy atom. The number of hydrogen-bond donors (Lipinski definition) is 1. The molecule has 2 rings (SSSR count). The first kappa shape index (κ1) is 10.6. The van der Waals surface area contributed by atoms with Gasteiger partial charge < -0.3 is 10.1 Å². The molecule has 0 bridgehead atoms. The van der Waals surface area contributed by atoms with Crippen LogP contribution < -0.4 is 5.32 Å². The van der Waals surface area contributed by atoms with Crippen molar-refractivity contribution in [1.29, 1.82) is 0 Å². The van der Waals surface area contributed by atoms with Gasteiger partial charge in [-0.05, 0) is 19.1 Å². The average Bonchev–Trinajstić information content (AvgIpc) is 2.58. The van der Waals surface area contributed by atoms with Gasteiger partial charge in [0.15, 0.2) is 0 Å². The van der Waals surface area contributed by atoms with E-state index in [2.05, 4.69) is 12.2 Å². The Bertz CT molecular complexity index is 368. The molecule has 3 nitrogen and oxygen atoms in total. The summed E-state index contributed by atoms with van der Waals surface area (Å²) in [7, 11) is 0. The van der Waals surface area contributed by atoms with Gasteiger partial charge >= 0.3 is 0 Å². The fourth-order valence-corrected chi connectivity index (χ4v) is 2.27. The van der Waals surface area contributed by atoms with Crippen LogP contribution in [0.2, 0.25) is 0 Å². The molecule has 4 heteroatoms. The number of hydrogen-bond acceptors (Lipinski definition) is 3. The lowest BCUT2D eigenvalue weighted by Gasteiger charge is -2.37. The van der Waals surface area contributed by atoms with Crippen LogP contribution in [0.3, 0.4) is 0 Å². The summed E-state index contributed by atoms with van der Waals surface area (Å²) in [5.74, 6) is 0.0289. The number of carbonyl (C=O) groups is 1. The first-order valence-electron chi connectivity index (χ1n) is 5.01. The lowest BCUT2D eigenvalue weighted by Crippen LogP contribution is -2.48. The first-order valence-corrected chi connectivity index (χ1v) is 5.83. The molecule has 1 aromatic heterocycles. The Morgan fingerprint density at radius 3 is 2.80 bits per heavy atom. The summed E-state index contributed by atoms with van der Waals surface area (Å²) in [4.78, 5) is 13.7. The van der Waals surface area contributed by atoms with Crippen molar-refractivity contribution in [2.45, 2.75) is 13.8 Å². The highest BCUT2D eigenvalue weighted by Gasteiger charge is 2.33. The van der Waals surface area contributed by atoms with Crippen LogP contribution >= 0.6 is 11.3 Å². The van der Waals surface area contributed by atoms with E-state index in [0.29, 0.717) is 6.54 Å². The molecule has 0 atom stereocenters. The van der Waals surface area contributed by atoms with Gasteiger partial charge in [-0.3, -0.25) is 4.79 Å². The molecule has 1 saturated heterocycles. The van der Waals surface area contributed by atoms with Crippen molar-refractivity contribution in [3.63, 3.8) is 0 Å². The zero-order chi connectivity index (χ0) is 10.9. The van der Waals surface area contributed by atoms with E-state index in [1.54, 1.807) is 0 Å². The van der Waals surface area contributed by atoms with E-state index in [-0.39, 0.29) is 11.3 Å². The molecule has 0 aromatic carbocycles. The summed E-state index contributed by atoms with van der Waals surface area (Å²) in [5.41, 5.74) is 0.141. The van der Waals surface area contributed by atoms with E-state index in [4.69, 9.17) is 4.74 Å². The van der Waals surface area contributed by atoms with Crippen LogP contribution in [0.1, 0.15) is 21.5 Å². The van der Waals surface area contributed by atoms with E-state index in [0.717, 1.165) is 18.1 Å². The molecular formula is C11H15NO2S. The number of aryl methyl sites for hydroxylation is 1. The molecule has 1 aliphatic heterocycles. The Labute approximate surface area is 93.4 Å². The van der Waals surface area contributed by atoms with Crippen molar-refractivity contribution >= 4 is 17.2 Å². The van der Waals surface area contributed by atoms with E-state index in [1.807, 2.05) is 19.1 Å². The molecule has 1 amide bonds. The standard InChI is InChI=1S/C11H15NO2S/c1-8-3-4-9(15-8)10(13)12-5-11(2)6-14-7-11/h3-4H,5-7H2,1-2H3,(H,12,13). The van der Waals surface area contributed by atoms with Crippen molar-refractivity contribution in [3.8, 4) is 0 Å². The minimum Gasteiger partial charge on any atom is -0.380 e. The Balaban J connectivity index is 1.87. The van der Waals surface area contributed by atoms with E-state index < -0.39 is 0 Å². The summed E-state index contributed by atoms with van der Waals surface area (Å²) >= 11 is 1.53. The molecule has 0 unspecified atom stereocenters. The topological polar surface area (TPSA) is 38.3 Å². The number of amides is 1. The van der Waals surface area contributed by atoms with Gasteiger partial charge in [-0.2, -0.15) is 0 Å². The van der Waals surface area contributed by atoms with Crippen molar-refractivity contribution < 1.29 is 9.53 Å². The minimum absolute atomic E-state index is 0.0289. The van der Waals surface area contributed by atoms with Gasteiger partial charge in [-0.25, -0.2) is 0 Å². The maximum Gasteiger partial charge on any atom is 0.261 e. The molecule has 0 spiro atoms. The van der Waals surface area contributed by atoms with Gasteiger partial charge in [0.05, 0.1) is 18.1 Å². The number of nitrogens with one attached hydrogen (secondary N) is 1. The molecule has 82 valence electrons. The lowest BCUT2D eigenvalue weighted by molar-refractivity contribution is -0.0978. The number of rotatable bonds is 3. The van der Waals surface area contributed by atoms with Gasteiger partial charge in [0.2, 0.25) is 0 Å². The van der Waals surface area contributed by atoms with Crippen LogP contribution in [0.15, 0.2) is 12.1 Å². The van der Waals surface area contributed by atoms with Crippen molar-refractivity contribution in [2.75, 3.05) is 19.8 Å². The predicted octanol–water partition coefficient (Wildman–Crippen LogP) is 1.82. The molecule has 1 fully saturated rings. The second-order valence-corrected chi connectivity index (χ2v) is 5.68. The Hall–Kier alpha value is -0.870. The fraction of sp³-hybridized carbons (Fsp3) is 0.545. The Kier molecular flexibility index (Phi) is 2.80. The molecule has 1 N–H and O–H groups in total. The summed E-state index contributed by atoms with van der Waals surface area (Å²) < 4.78 is 5.13. The molecule has 0 aliphatic carbocycles. The van der Waals surface area contributed by atoms with Gasteiger partial charge in [0.1, 0.15) is 0 Å². The van der Waals surface area contributed by atoms with Gasteiger partial charge in [-0.1, -0.05) is 6.92 Å². The Morgan fingerprint density at radius 1 is 1.60 bits per heavy atom. The molecule has 0 saturated carbocycles. The van der Waals surface area contributed by atoms with Crippen LogP contribution in [0, 0.1) is 12.3 Å². The lowest BCUT2D eigenvalue weighted by atomic mass is 9.89. The minimum atomic E-state index is 0.0289. The van der Waals surface area contributed by atoms with Crippen molar-refractivity contribution in [3.05, 3.63) is 21.9 Å². The van der Waals surface area contributed by atoms with Crippen LogP contribution in [-0.2, 0) is 4.74 Å². The normalized spacial score (nSPS) is 18.3. The highest BCUT2D eigenvalue weighted by Crippen LogP contribution is 2.25. The quantitative estimate of drug-likeness (QED) is 0.852. The van der Waals surface area contributed by atoms with Crippen LogP contribution in [-0.4, -0.2) is 25.7 Å². The molecule has 1 aromatic rings. The molecule has 2 heterocycles. The third-order valence-electron chi connectivity index (χ3n) is 2.54. The highest BCUT2D eigenvalue weighted by molar-refractivity contribution is 7.13. The zero-order valence-corrected chi connectivity index (χ0v) is 9.82. The number of ether oxygens (including phenoxy) is 1. The third kappa shape index (κ3) is 2.38. The summed E-state index contributed by atoms with van der Waals surface area (Å²) in [6, 6.07) is 3.84. The second kappa shape index (κ2) is 3.94. The maximum absolute atomic E-state index is 11.7. The van der Waals surface area contributed by atoms with Gasteiger partial charge in [0.25, 0.3) is 5.91 Å². The zero-order valence-electron chi connectivity index (χ0n) is 9.00. The maximum atomic E-state index is 11.7. The van der Waals surface area contributed by atoms with Crippen LogP contribution in [0.25, 0.3) is 0 Å². The van der Waals surface area contributed by atoms with E-state index in [1.165, 1.54) is 16.2 Å². The summed E-state index contributed by atoms with van der Waals surface area (Å²) in [6.45, 7) is 6.31.